The molecule has 0 atom stereocenters. The number of amidine groups is 1. The molecule has 0 radical (unpaired) electrons. The van der Waals surface area contributed by atoms with Gasteiger partial charge in [-0.05, 0) is 50.2 Å². The number of ether oxygens (including phenoxy) is 11. The first-order valence-electron chi connectivity index (χ1n) is 24.6. The van der Waals surface area contributed by atoms with Gasteiger partial charge in [0.05, 0.1) is 163 Å². The number of nitrogens with zero attached hydrogens (tertiary/aromatic N) is 2. The fraction of sp³-hybridized carbons (Fsp3) is 0.766. The zero-order chi connectivity index (χ0) is 49.9. The molecule has 23 heteroatoms. The van der Waals surface area contributed by atoms with Crippen LogP contribution in [-0.2, 0) is 77.7 Å². The van der Waals surface area contributed by atoms with Gasteiger partial charge in [0.1, 0.15) is 11.8 Å². The molecule has 0 unspecified atom stereocenters. The van der Waals surface area contributed by atoms with E-state index in [2.05, 4.69) is 16.4 Å². The van der Waals surface area contributed by atoms with E-state index >= 15 is 0 Å². The molecule has 1 aromatic rings. The van der Waals surface area contributed by atoms with E-state index in [0.29, 0.717) is 175 Å². The molecule has 1 saturated carbocycles. The summed E-state index contributed by atoms with van der Waals surface area (Å²) in [6.07, 6.45) is 6.34. The van der Waals surface area contributed by atoms with E-state index in [9.17, 15) is 19.2 Å². The molecule has 0 bridgehead atoms. The van der Waals surface area contributed by atoms with Crippen LogP contribution in [0.5, 0.6) is 0 Å². The van der Waals surface area contributed by atoms with Gasteiger partial charge in [0, 0.05) is 36.6 Å². The first kappa shape index (κ1) is 58.7. The number of rotatable bonds is 43. The number of hydroxylamine groups is 2. The van der Waals surface area contributed by atoms with E-state index in [0.717, 1.165) is 41.1 Å². The van der Waals surface area contributed by atoms with Gasteiger partial charge in [-0.1, -0.05) is 6.92 Å². The minimum Gasteiger partial charge on any atom is -0.481 e. The van der Waals surface area contributed by atoms with E-state index in [-0.39, 0.29) is 50.5 Å². The summed E-state index contributed by atoms with van der Waals surface area (Å²) < 4.78 is 59.8. The second kappa shape index (κ2) is 37.0. The Labute approximate surface area is 415 Å². The van der Waals surface area contributed by atoms with Crippen molar-refractivity contribution in [2.75, 3.05) is 165 Å². The average molecular weight is 1020 g/mol. The molecular formula is C47H78N5O17S+. The van der Waals surface area contributed by atoms with Crippen molar-refractivity contribution in [3.8, 4) is 0 Å². The molecule has 4 rings (SSSR count). The Hall–Kier alpha value is -3.85. The Balaban J connectivity index is 0.895. The van der Waals surface area contributed by atoms with Crippen molar-refractivity contribution in [2.45, 2.75) is 64.4 Å². The van der Waals surface area contributed by atoms with Crippen molar-refractivity contribution in [3.05, 3.63) is 21.4 Å². The van der Waals surface area contributed by atoms with Gasteiger partial charge in [-0.15, -0.1) is 11.3 Å². The molecule has 2 aliphatic heterocycles. The summed E-state index contributed by atoms with van der Waals surface area (Å²) in [6.45, 7) is 12.5. The quantitative estimate of drug-likeness (QED) is 0.0527. The monoisotopic (exact) mass is 1020 g/mol. The number of hydrogen-bond acceptors (Lipinski definition) is 18. The average Bonchev–Trinajstić information content (AvgIpc) is 3.60. The molecule has 3 amide bonds. The van der Waals surface area contributed by atoms with Crippen LogP contribution in [0.1, 0.15) is 61.6 Å². The molecule has 398 valence electrons. The lowest BCUT2D eigenvalue weighted by atomic mass is 9.95. The minimum atomic E-state index is -0.883. The van der Waals surface area contributed by atoms with Crippen LogP contribution in [0.15, 0.2) is 11.6 Å². The number of alkyl carbamates (subject to hydrolysis) is 1. The number of nitrogens with two attached hydrogens (primary N) is 1. The standard InChI is InChI=1S/C47H77N5O17S/c1-2-9-52(68-12-8-49-47(57)69-39-4-3-5-39)46(56)38-32-42-41(50-43(48)33-38)34-40(70-42)31-37-35-51(36-37)44(53)6-10-58-13-15-60-17-19-62-21-23-64-25-27-66-29-30-67-28-26-65-24-22-63-20-18-61-16-14-59-11-7-45(54)55/h32,34,37,39H,2-31,33,35-36H2,1H3,(H2,48,50)(H,49,57)(H,54,55)/p+1. The second-order valence-corrected chi connectivity index (χ2v) is 17.7. The van der Waals surface area contributed by atoms with Crippen LogP contribution >= 0.6 is 11.3 Å². The van der Waals surface area contributed by atoms with E-state index in [1.165, 1.54) is 5.06 Å². The molecule has 3 aliphatic rings. The largest absolute Gasteiger partial charge is 0.481 e. The highest BCUT2D eigenvalue weighted by Crippen LogP contribution is 2.32. The molecule has 0 spiro atoms. The van der Waals surface area contributed by atoms with E-state index < -0.39 is 12.1 Å². The highest BCUT2D eigenvalue weighted by molar-refractivity contribution is 7.13. The van der Waals surface area contributed by atoms with Gasteiger partial charge in [-0.3, -0.25) is 25.0 Å². The number of hydrogen-bond donors (Lipinski definition) is 4. The number of carbonyl (C=O) groups is 4. The summed E-state index contributed by atoms with van der Waals surface area (Å²) in [7, 11) is 0. The molecule has 70 heavy (non-hydrogen) atoms. The van der Waals surface area contributed by atoms with Crippen molar-refractivity contribution in [2.24, 2.45) is 11.7 Å². The third kappa shape index (κ3) is 26.0. The highest BCUT2D eigenvalue weighted by atomic mass is 32.1. The summed E-state index contributed by atoms with van der Waals surface area (Å²) in [5.74, 6) is -0.268. The number of amides is 3. The lowest BCUT2D eigenvalue weighted by molar-refractivity contribution is -0.355. The Morgan fingerprint density at radius 3 is 1.67 bits per heavy atom. The van der Waals surface area contributed by atoms with Crippen LogP contribution in [0.25, 0.3) is 6.08 Å². The number of fused-ring (bicyclic) bond motifs is 1. The topological polar surface area (TPSA) is 258 Å². The molecule has 2 fully saturated rings. The molecule has 0 aromatic carbocycles. The fourth-order valence-electron chi connectivity index (χ4n) is 6.86. The van der Waals surface area contributed by atoms with E-state index in [4.69, 9.17) is 67.8 Å². The highest BCUT2D eigenvalue weighted by Gasteiger charge is 2.32. The number of likely N-dealkylation sites (tertiary alicyclic amines) is 1. The van der Waals surface area contributed by atoms with Crippen LogP contribution < -0.4 is 16.0 Å². The molecule has 1 saturated heterocycles. The van der Waals surface area contributed by atoms with Gasteiger partial charge >= 0.3 is 12.1 Å². The number of carbonyl (C=O) groups excluding carboxylic acids is 3. The first-order chi connectivity index (χ1) is 34.2. The number of thiophene rings is 1. The Morgan fingerprint density at radius 2 is 1.21 bits per heavy atom. The SMILES string of the molecule is CCCN(OCCNC(=O)OC1CCC1)C(=O)C1=Cc2sc(CC3CN(C(=O)CCOCCOCCOCCOCCOCCOCCOCCOCCOCCOCCC(=O)O)C3)cc2[NH+]=C(N)C1. The van der Waals surface area contributed by atoms with Crippen LogP contribution in [0, 0.1) is 5.92 Å². The van der Waals surface area contributed by atoms with Crippen molar-refractivity contribution in [3.63, 3.8) is 0 Å². The maximum absolute atomic E-state index is 13.6. The summed E-state index contributed by atoms with van der Waals surface area (Å²) >= 11 is 1.61. The maximum Gasteiger partial charge on any atom is 0.407 e. The van der Waals surface area contributed by atoms with Crippen molar-refractivity contribution < 1.29 is 86.2 Å². The van der Waals surface area contributed by atoms with Crippen molar-refractivity contribution >= 4 is 52.8 Å². The third-order valence-corrected chi connectivity index (χ3v) is 11.8. The lowest BCUT2D eigenvalue weighted by Crippen LogP contribution is -2.69. The zero-order valence-electron chi connectivity index (χ0n) is 41.0. The van der Waals surface area contributed by atoms with Crippen LogP contribution in [0.4, 0.5) is 10.5 Å². The van der Waals surface area contributed by atoms with Gasteiger partial charge in [0.25, 0.3) is 5.91 Å². The normalized spacial score (nSPS) is 14.8. The Morgan fingerprint density at radius 1 is 0.729 bits per heavy atom. The number of nitrogens with one attached hydrogen (secondary N) is 2. The molecule has 1 aromatic heterocycles. The summed E-state index contributed by atoms with van der Waals surface area (Å²) in [6, 6.07) is 2.07. The van der Waals surface area contributed by atoms with Gasteiger partial charge in [0.15, 0.2) is 0 Å². The van der Waals surface area contributed by atoms with Crippen LogP contribution in [0.3, 0.4) is 0 Å². The predicted octanol–water partition coefficient (Wildman–Crippen LogP) is 1.09. The van der Waals surface area contributed by atoms with Crippen LogP contribution in [0.2, 0.25) is 0 Å². The smallest absolute Gasteiger partial charge is 0.407 e. The fourth-order valence-corrected chi connectivity index (χ4v) is 8.06. The van der Waals surface area contributed by atoms with Gasteiger partial charge in [-0.25, -0.2) is 14.9 Å². The molecular weight excluding hydrogens is 939 g/mol. The number of carboxylic acids is 1. The minimum absolute atomic E-state index is 0.00524. The molecule has 5 N–H and O–H groups in total. The van der Waals surface area contributed by atoms with Gasteiger partial charge < -0.3 is 67.4 Å². The van der Waals surface area contributed by atoms with E-state index in [1.54, 1.807) is 11.3 Å². The van der Waals surface area contributed by atoms with Gasteiger partial charge in [-0.2, -0.15) is 0 Å². The molecule has 22 nitrogen and oxygen atoms in total. The summed E-state index contributed by atoms with van der Waals surface area (Å²) in [5.41, 5.74) is 7.70. The Kier molecular flexibility index (Phi) is 31.0. The summed E-state index contributed by atoms with van der Waals surface area (Å²) in [5, 5.41) is 12.5. The summed E-state index contributed by atoms with van der Waals surface area (Å²) in [4.78, 5) is 61.7. The van der Waals surface area contributed by atoms with Crippen molar-refractivity contribution in [1.82, 2.24) is 15.3 Å². The Bertz CT molecular complexity index is 1690. The zero-order valence-corrected chi connectivity index (χ0v) is 41.8. The predicted molar refractivity (Wildman–Crippen MR) is 256 cm³/mol. The maximum atomic E-state index is 13.6. The number of aliphatic carboxylic acids is 1. The number of carboxylic acid groups (broad SMARTS) is 1. The molecule has 1 aliphatic carbocycles. The second-order valence-electron chi connectivity index (χ2n) is 16.5. The lowest BCUT2D eigenvalue weighted by Gasteiger charge is -2.39. The first-order valence-corrected chi connectivity index (χ1v) is 25.4. The van der Waals surface area contributed by atoms with Crippen molar-refractivity contribution in [1.29, 1.82) is 0 Å². The van der Waals surface area contributed by atoms with Gasteiger partial charge in [0.2, 0.25) is 11.7 Å². The van der Waals surface area contributed by atoms with Crippen LogP contribution in [-0.4, -0.2) is 216 Å². The van der Waals surface area contributed by atoms with E-state index in [1.807, 2.05) is 17.9 Å². The molecule has 3 heterocycles. The third-order valence-electron chi connectivity index (χ3n) is 10.7.